The molecule has 0 radical (unpaired) electrons. The lowest BCUT2D eigenvalue weighted by Crippen LogP contribution is -2.25. The van der Waals surface area contributed by atoms with E-state index in [1.54, 1.807) is 0 Å². The Morgan fingerprint density at radius 1 is 0.950 bits per heavy atom. The van der Waals surface area contributed by atoms with Crippen LogP contribution in [0, 0.1) is 0 Å². The maximum absolute atomic E-state index is 3.63. The number of benzene rings is 2. The molecule has 0 spiro atoms. The molecule has 0 aliphatic rings. The Bertz CT molecular complexity index is 542. The van der Waals surface area contributed by atoms with Crippen molar-refractivity contribution in [3.8, 4) is 0 Å². The quantitative estimate of drug-likeness (QED) is 0.599. The minimum atomic E-state index is 1.16. The summed E-state index contributed by atoms with van der Waals surface area (Å²) in [5.41, 5.74) is 1.36. The highest BCUT2D eigenvalue weighted by Crippen LogP contribution is 2.28. The van der Waals surface area contributed by atoms with Gasteiger partial charge in [0.2, 0.25) is 0 Å². The van der Waals surface area contributed by atoms with Crippen LogP contribution in [0.4, 0.5) is 5.69 Å². The molecule has 2 aromatic carbocycles. The van der Waals surface area contributed by atoms with Crippen molar-refractivity contribution >= 4 is 32.4 Å². The predicted molar refractivity (Wildman–Crippen MR) is 93.7 cm³/mol. The molecule has 2 aromatic rings. The van der Waals surface area contributed by atoms with Gasteiger partial charge in [-0.25, -0.2) is 0 Å². The molecule has 2 heteroatoms. The summed E-state index contributed by atoms with van der Waals surface area (Å²) in [4.78, 5) is 2.54. The Labute approximate surface area is 131 Å². The van der Waals surface area contributed by atoms with Gasteiger partial charge in [-0.1, -0.05) is 60.8 Å². The minimum absolute atomic E-state index is 1.16. The van der Waals surface area contributed by atoms with Crippen LogP contribution in [0.25, 0.3) is 10.8 Å². The second kappa shape index (κ2) is 7.68. The van der Waals surface area contributed by atoms with Crippen LogP contribution in [0.5, 0.6) is 0 Å². The van der Waals surface area contributed by atoms with Gasteiger partial charge in [-0.15, -0.1) is 0 Å². The number of anilines is 1. The highest BCUT2D eigenvalue weighted by atomic mass is 79.9. The molecule has 1 nitrogen and oxygen atoms in total. The number of hydrogen-bond donors (Lipinski definition) is 0. The zero-order chi connectivity index (χ0) is 14.4. The van der Waals surface area contributed by atoms with Crippen LogP contribution in [-0.2, 0) is 0 Å². The molecule has 0 aromatic heterocycles. The maximum Gasteiger partial charge on any atom is 0.0372 e. The van der Waals surface area contributed by atoms with Gasteiger partial charge in [-0.2, -0.15) is 0 Å². The van der Waals surface area contributed by atoms with Gasteiger partial charge >= 0.3 is 0 Å². The van der Waals surface area contributed by atoms with Gasteiger partial charge < -0.3 is 4.90 Å². The normalized spacial score (nSPS) is 10.9. The number of hydrogen-bond acceptors (Lipinski definition) is 1. The first-order chi connectivity index (χ1) is 9.76. The van der Waals surface area contributed by atoms with Crippen molar-refractivity contribution < 1.29 is 0 Å². The van der Waals surface area contributed by atoms with E-state index in [0.29, 0.717) is 0 Å². The molecule has 0 atom stereocenters. The van der Waals surface area contributed by atoms with E-state index in [2.05, 4.69) is 71.1 Å². The summed E-state index contributed by atoms with van der Waals surface area (Å²) in [7, 11) is 0. The van der Waals surface area contributed by atoms with Crippen molar-refractivity contribution in [3.05, 3.63) is 40.9 Å². The van der Waals surface area contributed by atoms with E-state index in [9.17, 15) is 0 Å². The fraction of sp³-hybridized carbons (Fsp3) is 0.444. The monoisotopic (exact) mass is 333 g/mol. The summed E-state index contributed by atoms with van der Waals surface area (Å²) >= 11 is 3.63. The van der Waals surface area contributed by atoms with E-state index in [4.69, 9.17) is 0 Å². The molecule has 0 fully saturated rings. The summed E-state index contributed by atoms with van der Waals surface area (Å²) in [6.07, 6.45) is 5.03. The van der Waals surface area contributed by atoms with E-state index in [-0.39, 0.29) is 0 Å². The van der Waals surface area contributed by atoms with Crippen molar-refractivity contribution in [1.82, 2.24) is 0 Å². The van der Waals surface area contributed by atoms with Crippen LogP contribution >= 0.6 is 15.9 Å². The third-order valence-corrected chi connectivity index (χ3v) is 4.43. The highest BCUT2D eigenvalue weighted by Gasteiger charge is 2.07. The van der Waals surface area contributed by atoms with Crippen molar-refractivity contribution in [3.63, 3.8) is 0 Å². The molecular weight excluding hydrogens is 310 g/mol. The zero-order valence-electron chi connectivity index (χ0n) is 12.5. The first-order valence-electron chi connectivity index (χ1n) is 7.69. The lowest BCUT2D eigenvalue weighted by atomic mass is 10.1. The SMILES string of the molecule is CCCCN(CCCC)c1ccc2c(Br)cccc2c1. The average molecular weight is 334 g/mol. The summed E-state index contributed by atoms with van der Waals surface area (Å²) in [5, 5.41) is 2.61. The van der Waals surface area contributed by atoms with Gasteiger partial charge in [0.15, 0.2) is 0 Å². The van der Waals surface area contributed by atoms with Crippen molar-refractivity contribution in [2.75, 3.05) is 18.0 Å². The second-order valence-electron chi connectivity index (χ2n) is 5.34. The fourth-order valence-electron chi connectivity index (χ4n) is 2.50. The molecule has 0 N–H and O–H groups in total. The van der Waals surface area contributed by atoms with Crippen molar-refractivity contribution in [1.29, 1.82) is 0 Å². The van der Waals surface area contributed by atoms with Crippen LogP contribution in [0.3, 0.4) is 0 Å². The smallest absolute Gasteiger partial charge is 0.0372 e. The van der Waals surface area contributed by atoms with E-state index in [1.807, 2.05) is 0 Å². The maximum atomic E-state index is 3.63. The molecular formula is C18H24BrN. The van der Waals surface area contributed by atoms with Crippen LogP contribution in [0.1, 0.15) is 39.5 Å². The van der Waals surface area contributed by atoms with Gasteiger partial charge in [0.1, 0.15) is 0 Å². The number of halogens is 1. The van der Waals surface area contributed by atoms with Gasteiger partial charge in [-0.3, -0.25) is 0 Å². The Balaban J connectivity index is 2.27. The topological polar surface area (TPSA) is 3.24 Å². The van der Waals surface area contributed by atoms with Crippen LogP contribution in [-0.4, -0.2) is 13.1 Å². The number of nitrogens with zero attached hydrogens (tertiary/aromatic N) is 1. The van der Waals surface area contributed by atoms with Gasteiger partial charge in [-0.05, 0) is 41.8 Å². The minimum Gasteiger partial charge on any atom is -0.372 e. The number of unbranched alkanes of at least 4 members (excludes halogenated alkanes) is 2. The van der Waals surface area contributed by atoms with Crippen LogP contribution in [0.2, 0.25) is 0 Å². The van der Waals surface area contributed by atoms with Crippen LogP contribution < -0.4 is 4.90 Å². The fourth-order valence-corrected chi connectivity index (χ4v) is 3.01. The summed E-state index contributed by atoms with van der Waals surface area (Å²) in [6.45, 7) is 6.84. The number of rotatable bonds is 7. The molecule has 2 rings (SSSR count). The standard InChI is InChI=1S/C18H24BrN/c1-3-5-12-20(13-6-4-2)16-10-11-17-15(14-16)8-7-9-18(17)19/h7-11,14H,3-6,12-13H2,1-2H3. The first-order valence-corrected chi connectivity index (χ1v) is 8.48. The van der Waals surface area contributed by atoms with Gasteiger partial charge in [0, 0.05) is 23.2 Å². The molecule has 0 aliphatic heterocycles. The van der Waals surface area contributed by atoms with Gasteiger partial charge in [0.25, 0.3) is 0 Å². The van der Waals surface area contributed by atoms with E-state index < -0.39 is 0 Å². The van der Waals surface area contributed by atoms with E-state index in [0.717, 1.165) is 13.1 Å². The van der Waals surface area contributed by atoms with E-state index >= 15 is 0 Å². The Hall–Kier alpha value is -1.02. The molecule has 0 saturated heterocycles. The molecule has 0 unspecified atom stereocenters. The Kier molecular flexibility index (Phi) is 5.90. The Morgan fingerprint density at radius 2 is 1.65 bits per heavy atom. The lowest BCUT2D eigenvalue weighted by molar-refractivity contribution is 0.678. The molecule has 0 amide bonds. The lowest BCUT2D eigenvalue weighted by Gasteiger charge is -2.25. The average Bonchev–Trinajstić information content (AvgIpc) is 2.47. The van der Waals surface area contributed by atoms with Crippen molar-refractivity contribution in [2.45, 2.75) is 39.5 Å². The number of fused-ring (bicyclic) bond motifs is 1. The molecule has 0 heterocycles. The molecule has 20 heavy (non-hydrogen) atoms. The van der Waals surface area contributed by atoms with Gasteiger partial charge in [0.05, 0.1) is 0 Å². The molecule has 0 bridgehead atoms. The first kappa shape index (κ1) is 15.4. The Morgan fingerprint density at radius 3 is 2.30 bits per heavy atom. The summed E-state index contributed by atoms with van der Waals surface area (Å²) in [6, 6.07) is 13.2. The third kappa shape index (κ3) is 3.76. The summed E-state index contributed by atoms with van der Waals surface area (Å²) in [5.74, 6) is 0. The zero-order valence-corrected chi connectivity index (χ0v) is 14.1. The predicted octanol–water partition coefficient (Wildman–Crippen LogP) is 6.01. The highest BCUT2D eigenvalue weighted by molar-refractivity contribution is 9.10. The molecule has 0 saturated carbocycles. The van der Waals surface area contributed by atoms with Crippen LogP contribution in [0.15, 0.2) is 40.9 Å². The third-order valence-electron chi connectivity index (χ3n) is 3.74. The largest absolute Gasteiger partial charge is 0.372 e. The van der Waals surface area contributed by atoms with E-state index in [1.165, 1.54) is 46.6 Å². The second-order valence-corrected chi connectivity index (χ2v) is 6.19. The van der Waals surface area contributed by atoms with Crippen molar-refractivity contribution in [2.24, 2.45) is 0 Å². The molecule has 108 valence electrons. The summed E-state index contributed by atoms with van der Waals surface area (Å²) < 4.78 is 1.18. The molecule has 0 aliphatic carbocycles.